The first-order valence-corrected chi connectivity index (χ1v) is 4.56. The molecule has 13 heavy (non-hydrogen) atoms. The van der Waals surface area contributed by atoms with Gasteiger partial charge in [0.25, 0.3) is 0 Å². The van der Waals surface area contributed by atoms with Crippen molar-refractivity contribution in [3.05, 3.63) is 35.9 Å². The molecular weight excluding hydrogens is 160 g/mol. The van der Waals surface area contributed by atoms with Crippen molar-refractivity contribution >= 4 is 6.08 Å². The number of aryl methyl sites for hydroxylation is 2. The van der Waals surface area contributed by atoms with Gasteiger partial charge in [0.05, 0.1) is 5.69 Å². The number of nitrogens with one attached hydrogen (secondary N) is 1. The Morgan fingerprint density at radius 2 is 1.92 bits per heavy atom. The molecule has 0 saturated heterocycles. The lowest BCUT2D eigenvalue weighted by Crippen LogP contribution is -1.72. The Morgan fingerprint density at radius 1 is 1.31 bits per heavy atom. The van der Waals surface area contributed by atoms with Crippen molar-refractivity contribution in [1.29, 1.82) is 0 Å². The van der Waals surface area contributed by atoms with Crippen LogP contribution in [0.25, 0.3) is 6.08 Å². The first-order valence-electron chi connectivity index (χ1n) is 4.56. The summed E-state index contributed by atoms with van der Waals surface area (Å²) in [4.78, 5) is 7.39. The Labute approximate surface area is 80.4 Å². The van der Waals surface area contributed by atoms with Crippen molar-refractivity contribution in [2.75, 3.05) is 0 Å². The Balaban J connectivity index is 0.000000671. The molecule has 0 aromatic carbocycles. The number of aromatic nitrogens is 2. The van der Waals surface area contributed by atoms with E-state index >= 15 is 0 Å². The van der Waals surface area contributed by atoms with Crippen molar-refractivity contribution in [3.63, 3.8) is 0 Å². The van der Waals surface area contributed by atoms with Gasteiger partial charge >= 0.3 is 0 Å². The maximum Gasteiger partial charge on any atom is 0.130 e. The molecule has 1 N–H and O–H groups in total. The fourth-order valence-electron chi connectivity index (χ4n) is 0.813. The number of H-pyrrole nitrogens is 1. The fraction of sp³-hybridized carbons (Fsp3) is 0.364. The lowest BCUT2D eigenvalue weighted by atomic mass is 10.4. The Bertz CT molecular complexity index is 263. The van der Waals surface area contributed by atoms with Gasteiger partial charge in [0, 0.05) is 5.69 Å². The molecule has 0 bridgehead atoms. The van der Waals surface area contributed by atoms with E-state index < -0.39 is 0 Å². The van der Waals surface area contributed by atoms with Crippen LogP contribution < -0.4 is 0 Å². The van der Waals surface area contributed by atoms with E-state index in [9.17, 15) is 0 Å². The number of rotatable bonds is 2. The van der Waals surface area contributed by atoms with Crippen molar-refractivity contribution in [3.8, 4) is 0 Å². The second-order valence-electron chi connectivity index (χ2n) is 2.43. The third-order valence-electron chi connectivity index (χ3n) is 1.54. The average molecular weight is 178 g/mol. The van der Waals surface area contributed by atoms with E-state index in [1.165, 1.54) is 0 Å². The van der Waals surface area contributed by atoms with Gasteiger partial charge in [-0.15, -0.1) is 0 Å². The minimum absolute atomic E-state index is 0.889. The van der Waals surface area contributed by atoms with Gasteiger partial charge < -0.3 is 4.98 Å². The van der Waals surface area contributed by atoms with Gasteiger partial charge in [0.2, 0.25) is 0 Å². The summed E-state index contributed by atoms with van der Waals surface area (Å²) in [6.07, 6.45) is 5.48. The maximum absolute atomic E-state index is 4.26. The third-order valence-corrected chi connectivity index (χ3v) is 1.54. The number of imidazole rings is 1. The van der Waals surface area contributed by atoms with Crippen molar-refractivity contribution in [2.45, 2.75) is 27.7 Å². The minimum atomic E-state index is 0.889. The van der Waals surface area contributed by atoms with Gasteiger partial charge in [0.1, 0.15) is 5.82 Å². The lowest BCUT2D eigenvalue weighted by Gasteiger charge is -1.80. The van der Waals surface area contributed by atoms with Crippen LogP contribution in [0.1, 0.15) is 31.1 Å². The number of hydrogen-bond acceptors (Lipinski definition) is 1. The molecule has 0 radical (unpaired) electrons. The molecule has 2 heteroatoms. The SMILES string of the molecule is C=C/C=C\c1nc(C)c(C)[nH]1.CC. The molecule has 1 heterocycles. The van der Waals surface area contributed by atoms with Gasteiger partial charge in [-0.25, -0.2) is 4.98 Å². The number of aromatic amines is 1. The highest BCUT2D eigenvalue weighted by atomic mass is 14.9. The van der Waals surface area contributed by atoms with Gasteiger partial charge in [-0.3, -0.25) is 0 Å². The van der Waals surface area contributed by atoms with E-state index in [2.05, 4.69) is 16.5 Å². The number of allylic oxidation sites excluding steroid dienone is 2. The van der Waals surface area contributed by atoms with Crippen LogP contribution in [0.2, 0.25) is 0 Å². The van der Waals surface area contributed by atoms with E-state index in [4.69, 9.17) is 0 Å². The van der Waals surface area contributed by atoms with Crippen LogP contribution in [0, 0.1) is 13.8 Å². The van der Waals surface area contributed by atoms with Crippen LogP contribution in [0.5, 0.6) is 0 Å². The molecule has 0 amide bonds. The van der Waals surface area contributed by atoms with Gasteiger partial charge in [0.15, 0.2) is 0 Å². The molecule has 0 fully saturated rings. The van der Waals surface area contributed by atoms with Crippen LogP contribution in [0.4, 0.5) is 0 Å². The predicted octanol–water partition coefficient (Wildman–Crippen LogP) is 3.25. The van der Waals surface area contributed by atoms with Crippen LogP contribution >= 0.6 is 0 Å². The molecule has 0 aliphatic carbocycles. The van der Waals surface area contributed by atoms with Crippen molar-refractivity contribution in [2.24, 2.45) is 0 Å². The van der Waals surface area contributed by atoms with Gasteiger partial charge in [-0.05, 0) is 19.9 Å². The molecule has 0 spiro atoms. The van der Waals surface area contributed by atoms with E-state index in [-0.39, 0.29) is 0 Å². The highest BCUT2D eigenvalue weighted by molar-refractivity contribution is 5.43. The second kappa shape index (κ2) is 6.23. The Kier molecular flexibility index (Phi) is 5.60. The molecule has 0 atom stereocenters. The summed E-state index contributed by atoms with van der Waals surface area (Å²) in [6.45, 7) is 11.6. The zero-order chi connectivity index (χ0) is 10.3. The summed E-state index contributed by atoms with van der Waals surface area (Å²) < 4.78 is 0. The molecule has 1 aromatic rings. The maximum atomic E-state index is 4.26. The monoisotopic (exact) mass is 178 g/mol. The van der Waals surface area contributed by atoms with Crippen LogP contribution in [0.3, 0.4) is 0 Å². The standard InChI is InChI=1S/C9H12N2.C2H6/c1-4-5-6-9-10-7(2)8(3)11-9;1-2/h4-6H,1H2,2-3H3,(H,10,11);1-2H3/b6-5-;. The molecule has 72 valence electrons. The Hall–Kier alpha value is -1.31. The normalized spacial score (nSPS) is 9.54. The summed E-state index contributed by atoms with van der Waals surface area (Å²) in [5.74, 6) is 0.889. The van der Waals surface area contributed by atoms with E-state index in [1.54, 1.807) is 6.08 Å². The smallest absolute Gasteiger partial charge is 0.130 e. The summed E-state index contributed by atoms with van der Waals surface area (Å²) in [7, 11) is 0. The topological polar surface area (TPSA) is 28.7 Å². The van der Waals surface area contributed by atoms with E-state index in [1.807, 2.05) is 39.8 Å². The van der Waals surface area contributed by atoms with Crippen LogP contribution in [-0.4, -0.2) is 9.97 Å². The predicted molar refractivity (Wildman–Crippen MR) is 58.6 cm³/mol. The first-order chi connectivity index (χ1) is 6.24. The highest BCUT2D eigenvalue weighted by Crippen LogP contribution is 2.03. The summed E-state index contributed by atoms with van der Waals surface area (Å²) in [6, 6.07) is 0. The summed E-state index contributed by atoms with van der Waals surface area (Å²) in [5.41, 5.74) is 2.17. The zero-order valence-electron chi connectivity index (χ0n) is 8.89. The first kappa shape index (κ1) is 11.7. The van der Waals surface area contributed by atoms with Crippen LogP contribution in [0.15, 0.2) is 18.7 Å². The minimum Gasteiger partial charge on any atom is -0.342 e. The molecule has 0 unspecified atom stereocenters. The molecular formula is C11H18N2. The van der Waals surface area contributed by atoms with Crippen LogP contribution in [-0.2, 0) is 0 Å². The van der Waals surface area contributed by atoms with Gasteiger partial charge in [-0.2, -0.15) is 0 Å². The Morgan fingerprint density at radius 3 is 2.31 bits per heavy atom. The van der Waals surface area contributed by atoms with Crippen molar-refractivity contribution in [1.82, 2.24) is 9.97 Å². The quantitative estimate of drug-likeness (QED) is 0.692. The highest BCUT2D eigenvalue weighted by Gasteiger charge is 1.96. The molecule has 1 rings (SSSR count). The molecule has 1 aromatic heterocycles. The molecule has 0 aliphatic heterocycles. The van der Waals surface area contributed by atoms with Crippen molar-refractivity contribution < 1.29 is 0 Å². The summed E-state index contributed by atoms with van der Waals surface area (Å²) in [5, 5.41) is 0. The fourth-order valence-corrected chi connectivity index (χ4v) is 0.813. The lowest BCUT2D eigenvalue weighted by molar-refractivity contribution is 1.22. The number of nitrogens with zero attached hydrogens (tertiary/aromatic N) is 1. The van der Waals surface area contributed by atoms with Gasteiger partial charge in [-0.1, -0.05) is 32.6 Å². The van der Waals surface area contributed by atoms with E-state index in [0.717, 1.165) is 17.2 Å². The third kappa shape index (κ3) is 3.74. The summed E-state index contributed by atoms with van der Waals surface area (Å²) >= 11 is 0. The number of hydrogen-bond donors (Lipinski definition) is 1. The largest absolute Gasteiger partial charge is 0.342 e. The second-order valence-corrected chi connectivity index (χ2v) is 2.43. The molecule has 0 aliphatic rings. The average Bonchev–Trinajstić information content (AvgIpc) is 2.46. The van der Waals surface area contributed by atoms with E-state index in [0.29, 0.717) is 0 Å². The molecule has 0 saturated carbocycles. The molecule has 2 nitrogen and oxygen atoms in total. The zero-order valence-corrected chi connectivity index (χ0v) is 8.89.